The van der Waals surface area contributed by atoms with E-state index in [1.165, 1.54) is 18.2 Å². The molecule has 1 heterocycles. The summed E-state index contributed by atoms with van der Waals surface area (Å²) in [7, 11) is 0. The fourth-order valence-electron chi connectivity index (χ4n) is 1.32. The average Bonchev–Trinajstić information content (AvgIpc) is 2.16. The van der Waals surface area contributed by atoms with Gasteiger partial charge in [0.25, 0.3) is 0 Å². The molecule has 7 heteroatoms. The molecule has 0 bridgehead atoms. The fourth-order valence-corrected chi connectivity index (χ4v) is 1.32. The van der Waals surface area contributed by atoms with E-state index in [-0.39, 0.29) is 17.0 Å². The number of nitro benzene ring substituents is 1. The summed E-state index contributed by atoms with van der Waals surface area (Å²) in [6, 6.07) is 4.04. The van der Waals surface area contributed by atoms with Crippen LogP contribution in [0, 0.1) is 10.1 Å². The van der Waals surface area contributed by atoms with Gasteiger partial charge in [-0.15, -0.1) is 0 Å². The highest BCUT2D eigenvalue weighted by atomic mass is 16.6. The summed E-state index contributed by atoms with van der Waals surface area (Å²) < 4.78 is 4.64. The number of aliphatic hydroxyl groups excluding tert-OH is 1. The van der Waals surface area contributed by atoms with Crippen LogP contribution in [-0.4, -0.2) is 16.1 Å². The van der Waals surface area contributed by atoms with Crippen molar-refractivity contribution >= 4 is 11.8 Å². The van der Waals surface area contributed by atoms with Crippen molar-refractivity contribution in [3.05, 3.63) is 33.9 Å². The first-order valence-corrected chi connectivity index (χ1v) is 4.03. The largest absolute Gasteiger partial charge is 0.415 e. The molecule has 1 aromatic rings. The van der Waals surface area contributed by atoms with Crippen LogP contribution in [0.4, 0.5) is 10.5 Å². The average molecular weight is 210 g/mol. The summed E-state index contributed by atoms with van der Waals surface area (Å²) in [5, 5.41) is 22.1. The van der Waals surface area contributed by atoms with Crippen molar-refractivity contribution in [3.63, 3.8) is 0 Å². The van der Waals surface area contributed by atoms with E-state index in [2.05, 4.69) is 10.1 Å². The molecule has 7 nitrogen and oxygen atoms in total. The third kappa shape index (κ3) is 1.48. The van der Waals surface area contributed by atoms with Gasteiger partial charge in [-0.1, -0.05) is 12.1 Å². The maximum atomic E-state index is 10.9. The van der Waals surface area contributed by atoms with Gasteiger partial charge in [-0.05, 0) is 0 Å². The number of hydrogen-bond acceptors (Lipinski definition) is 5. The monoisotopic (exact) mass is 210 g/mol. The van der Waals surface area contributed by atoms with Gasteiger partial charge in [0.1, 0.15) is 0 Å². The van der Waals surface area contributed by atoms with Crippen LogP contribution in [-0.2, 0) is 0 Å². The molecule has 0 saturated heterocycles. The Balaban J connectivity index is 2.59. The van der Waals surface area contributed by atoms with E-state index in [1.807, 2.05) is 0 Å². The van der Waals surface area contributed by atoms with Gasteiger partial charge in [-0.25, -0.2) is 4.79 Å². The van der Waals surface area contributed by atoms with E-state index in [0.29, 0.717) is 0 Å². The standard InChI is InChI=1S/C8H6N2O5/c11-7-4-2-1-3-5(10(13)14)6(4)15-8(12)9-7/h1-3,7,11H,(H,9,12)/t7-/m0/s1. The van der Waals surface area contributed by atoms with Gasteiger partial charge in [0.05, 0.1) is 10.5 Å². The molecule has 0 aliphatic carbocycles. The zero-order valence-corrected chi connectivity index (χ0v) is 7.34. The van der Waals surface area contributed by atoms with Gasteiger partial charge in [-0.2, -0.15) is 0 Å². The van der Waals surface area contributed by atoms with E-state index in [0.717, 1.165) is 0 Å². The third-order valence-corrected chi connectivity index (χ3v) is 1.97. The molecule has 1 aliphatic rings. The van der Waals surface area contributed by atoms with Crippen molar-refractivity contribution in [2.75, 3.05) is 0 Å². The fraction of sp³-hybridized carbons (Fsp3) is 0.125. The topological polar surface area (TPSA) is 102 Å². The van der Waals surface area contributed by atoms with Crippen LogP contribution in [0.1, 0.15) is 11.8 Å². The lowest BCUT2D eigenvalue weighted by Crippen LogP contribution is -2.35. The van der Waals surface area contributed by atoms with Crippen LogP contribution in [0.2, 0.25) is 0 Å². The number of carbonyl (C=O) groups excluding carboxylic acids is 1. The zero-order valence-electron chi connectivity index (χ0n) is 7.34. The number of benzene rings is 1. The molecule has 0 spiro atoms. The highest BCUT2D eigenvalue weighted by molar-refractivity contribution is 5.76. The lowest BCUT2D eigenvalue weighted by atomic mass is 10.1. The number of amides is 1. The summed E-state index contributed by atoms with van der Waals surface area (Å²) in [5.41, 5.74) is -0.176. The van der Waals surface area contributed by atoms with Gasteiger partial charge < -0.3 is 9.84 Å². The number of ether oxygens (including phenoxy) is 1. The Morgan fingerprint density at radius 3 is 2.93 bits per heavy atom. The second-order valence-corrected chi connectivity index (χ2v) is 2.89. The number of fused-ring (bicyclic) bond motifs is 1. The number of nitrogens with zero attached hydrogens (tertiary/aromatic N) is 1. The Bertz CT molecular complexity index is 445. The predicted octanol–water partition coefficient (Wildman–Crippen LogP) is 0.688. The molecule has 1 atom stereocenters. The molecule has 2 rings (SSSR count). The molecule has 15 heavy (non-hydrogen) atoms. The van der Waals surface area contributed by atoms with Gasteiger partial charge >= 0.3 is 11.8 Å². The van der Waals surface area contributed by atoms with E-state index in [9.17, 15) is 20.0 Å². The number of hydrogen-bond donors (Lipinski definition) is 2. The minimum Gasteiger partial charge on any atom is -0.402 e. The molecule has 2 N–H and O–H groups in total. The Kier molecular flexibility index (Phi) is 2.01. The minimum absolute atomic E-state index is 0.170. The minimum atomic E-state index is -1.28. The first-order chi connectivity index (χ1) is 7.09. The Labute approximate surface area is 83.4 Å². The van der Waals surface area contributed by atoms with Crippen molar-refractivity contribution in [3.8, 4) is 5.75 Å². The van der Waals surface area contributed by atoms with Gasteiger partial charge in [0, 0.05) is 6.07 Å². The molecule has 78 valence electrons. The number of carbonyl (C=O) groups is 1. The first kappa shape index (κ1) is 9.41. The van der Waals surface area contributed by atoms with Crippen LogP contribution in [0.15, 0.2) is 18.2 Å². The maximum absolute atomic E-state index is 10.9. The van der Waals surface area contributed by atoms with Crippen LogP contribution in [0.3, 0.4) is 0 Å². The van der Waals surface area contributed by atoms with E-state index >= 15 is 0 Å². The van der Waals surface area contributed by atoms with Crippen molar-refractivity contribution in [2.24, 2.45) is 0 Å². The summed E-state index contributed by atoms with van der Waals surface area (Å²) in [6.45, 7) is 0. The molecular weight excluding hydrogens is 204 g/mol. The lowest BCUT2D eigenvalue weighted by Gasteiger charge is -2.21. The predicted molar refractivity (Wildman–Crippen MR) is 47.2 cm³/mol. The second kappa shape index (κ2) is 3.21. The molecule has 1 aliphatic heterocycles. The molecule has 0 fully saturated rings. The third-order valence-electron chi connectivity index (χ3n) is 1.97. The zero-order chi connectivity index (χ0) is 11.0. The maximum Gasteiger partial charge on any atom is 0.415 e. The van der Waals surface area contributed by atoms with Crippen molar-refractivity contribution in [2.45, 2.75) is 6.23 Å². The Morgan fingerprint density at radius 2 is 2.27 bits per heavy atom. The number of para-hydroxylation sites is 1. The smallest absolute Gasteiger partial charge is 0.402 e. The SMILES string of the molecule is O=C1N[C@@H](O)c2cccc([N+](=O)[O-])c2O1. The van der Waals surface area contributed by atoms with Gasteiger partial charge in [0.2, 0.25) is 5.75 Å². The Morgan fingerprint density at radius 1 is 1.53 bits per heavy atom. The van der Waals surface area contributed by atoms with Crippen molar-refractivity contribution < 1.29 is 19.6 Å². The lowest BCUT2D eigenvalue weighted by molar-refractivity contribution is -0.385. The number of nitrogens with one attached hydrogen (secondary N) is 1. The van der Waals surface area contributed by atoms with Crippen molar-refractivity contribution in [1.29, 1.82) is 0 Å². The second-order valence-electron chi connectivity index (χ2n) is 2.89. The number of aliphatic hydroxyl groups is 1. The summed E-state index contributed by atoms with van der Waals surface area (Å²) >= 11 is 0. The molecule has 0 unspecified atom stereocenters. The molecule has 0 saturated carbocycles. The first-order valence-electron chi connectivity index (χ1n) is 4.03. The quantitative estimate of drug-likeness (QED) is 0.524. The molecule has 0 radical (unpaired) electrons. The normalized spacial score (nSPS) is 18.7. The van der Waals surface area contributed by atoms with Gasteiger partial charge in [-0.3, -0.25) is 15.4 Å². The molecule has 0 aromatic heterocycles. The van der Waals surface area contributed by atoms with Crippen LogP contribution in [0.25, 0.3) is 0 Å². The van der Waals surface area contributed by atoms with Crippen LogP contribution in [0.5, 0.6) is 5.75 Å². The summed E-state index contributed by atoms with van der Waals surface area (Å²) in [6.07, 6.45) is -2.19. The van der Waals surface area contributed by atoms with E-state index in [1.54, 1.807) is 0 Å². The Hall–Kier alpha value is -2.15. The highest BCUT2D eigenvalue weighted by Gasteiger charge is 2.30. The van der Waals surface area contributed by atoms with Gasteiger partial charge in [0.15, 0.2) is 6.23 Å². The molecule has 1 amide bonds. The molecular formula is C8H6N2O5. The summed E-state index contributed by atoms with van der Waals surface area (Å²) in [4.78, 5) is 20.8. The van der Waals surface area contributed by atoms with Crippen LogP contribution < -0.4 is 10.1 Å². The summed E-state index contributed by atoms with van der Waals surface area (Å²) in [5.74, 6) is -0.209. The van der Waals surface area contributed by atoms with E-state index in [4.69, 9.17) is 0 Å². The molecule has 1 aromatic carbocycles. The van der Waals surface area contributed by atoms with E-state index < -0.39 is 17.2 Å². The number of nitro groups is 1. The number of rotatable bonds is 1. The highest BCUT2D eigenvalue weighted by Crippen LogP contribution is 2.36. The van der Waals surface area contributed by atoms with Crippen LogP contribution >= 0.6 is 0 Å². The van der Waals surface area contributed by atoms with Crippen molar-refractivity contribution in [1.82, 2.24) is 5.32 Å².